The first-order chi connectivity index (χ1) is 13.7. The maximum Gasteiger partial charge on any atom is 0.261 e. The lowest BCUT2D eigenvalue weighted by atomic mass is 10.1. The van der Waals surface area contributed by atoms with Crippen molar-refractivity contribution in [3.63, 3.8) is 0 Å². The van der Waals surface area contributed by atoms with Crippen LogP contribution < -0.4 is 4.72 Å². The summed E-state index contributed by atoms with van der Waals surface area (Å²) in [4.78, 5) is 13.9. The minimum absolute atomic E-state index is 0.0751. The van der Waals surface area contributed by atoms with Gasteiger partial charge < -0.3 is 4.90 Å². The highest BCUT2D eigenvalue weighted by molar-refractivity contribution is 7.92. The number of sulfonamides is 1. The van der Waals surface area contributed by atoms with Gasteiger partial charge in [-0.2, -0.15) is 0 Å². The van der Waals surface area contributed by atoms with Crippen LogP contribution in [-0.4, -0.2) is 26.3 Å². The van der Waals surface area contributed by atoms with E-state index in [-0.39, 0.29) is 28.9 Å². The van der Waals surface area contributed by atoms with Gasteiger partial charge in [-0.1, -0.05) is 12.1 Å². The first-order valence-corrected chi connectivity index (χ1v) is 10.1. The Balaban J connectivity index is 1.69. The minimum Gasteiger partial charge on any atom is -0.337 e. The zero-order valence-corrected chi connectivity index (χ0v) is 16.3. The van der Waals surface area contributed by atoms with Crippen molar-refractivity contribution in [3.05, 3.63) is 95.6 Å². The molecule has 0 atom stereocenters. The van der Waals surface area contributed by atoms with Crippen LogP contribution in [0.4, 0.5) is 14.5 Å². The van der Waals surface area contributed by atoms with Crippen LogP contribution in [0.5, 0.6) is 0 Å². The van der Waals surface area contributed by atoms with E-state index in [1.165, 1.54) is 41.3 Å². The lowest BCUT2D eigenvalue weighted by Crippen LogP contribution is -2.26. The number of carbonyl (C=O) groups excluding carboxylic acids is 1. The zero-order valence-electron chi connectivity index (χ0n) is 15.5. The molecule has 0 spiro atoms. The van der Waals surface area contributed by atoms with Gasteiger partial charge in [-0.05, 0) is 66.2 Å². The second-order valence-electron chi connectivity index (χ2n) is 6.43. The van der Waals surface area contributed by atoms with Crippen molar-refractivity contribution in [2.24, 2.45) is 0 Å². The number of anilines is 1. The summed E-state index contributed by atoms with van der Waals surface area (Å²) in [6.07, 6.45) is 0. The number of benzene rings is 3. The number of nitrogens with one attached hydrogen (secondary N) is 1. The average molecular weight is 416 g/mol. The molecule has 1 N–H and O–H groups in total. The molecular weight excluding hydrogens is 398 g/mol. The van der Waals surface area contributed by atoms with E-state index >= 15 is 0 Å². The first-order valence-electron chi connectivity index (χ1n) is 8.63. The van der Waals surface area contributed by atoms with Crippen LogP contribution in [0.25, 0.3) is 0 Å². The lowest BCUT2D eigenvalue weighted by Gasteiger charge is -2.17. The molecule has 150 valence electrons. The zero-order chi connectivity index (χ0) is 21.0. The molecule has 0 aliphatic carbocycles. The van der Waals surface area contributed by atoms with Gasteiger partial charge in [0.25, 0.3) is 15.9 Å². The van der Waals surface area contributed by atoms with Crippen LogP contribution >= 0.6 is 0 Å². The normalized spacial score (nSPS) is 11.1. The molecule has 5 nitrogen and oxygen atoms in total. The number of rotatable bonds is 6. The minimum atomic E-state index is -3.87. The van der Waals surface area contributed by atoms with Gasteiger partial charge >= 0.3 is 0 Å². The molecule has 29 heavy (non-hydrogen) atoms. The number of hydrogen-bond donors (Lipinski definition) is 1. The van der Waals surface area contributed by atoms with Gasteiger partial charge in [0.15, 0.2) is 0 Å². The van der Waals surface area contributed by atoms with Crippen molar-refractivity contribution in [1.29, 1.82) is 0 Å². The molecule has 0 aliphatic heterocycles. The maximum absolute atomic E-state index is 13.3. The van der Waals surface area contributed by atoms with Crippen LogP contribution in [0.3, 0.4) is 0 Å². The highest BCUT2D eigenvalue weighted by atomic mass is 32.2. The van der Waals surface area contributed by atoms with Crippen molar-refractivity contribution < 1.29 is 22.0 Å². The summed E-state index contributed by atoms with van der Waals surface area (Å²) in [7, 11) is -2.28. The molecule has 0 fully saturated rings. The molecule has 0 unspecified atom stereocenters. The number of hydrogen-bond acceptors (Lipinski definition) is 3. The van der Waals surface area contributed by atoms with Gasteiger partial charge in [-0.15, -0.1) is 0 Å². The second kappa shape index (κ2) is 8.40. The summed E-state index contributed by atoms with van der Waals surface area (Å²) in [6.45, 7) is 0.232. The summed E-state index contributed by atoms with van der Waals surface area (Å²) < 4.78 is 53.3. The third kappa shape index (κ3) is 5.17. The Morgan fingerprint density at radius 1 is 0.931 bits per heavy atom. The van der Waals surface area contributed by atoms with Crippen LogP contribution in [0.15, 0.2) is 77.7 Å². The molecule has 0 bridgehead atoms. The summed E-state index contributed by atoms with van der Waals surface area (Å²) >= 11 is 0. The Hall–Kier alpha value is -3.26. The van der Waals surface area contributed by atoms with Crippen molar-refractivity contribution in [3.8, 4) is 0 Å². The Morgan fingerprint density at radius 3 is 2.21 bits per heavy atom. The molecule has 1 amide bonds. The van der Waals surface area contributed by atoms with Crippen molar-refractivity contribution in [2.75, 3.05) is 11.8 Å². The van der Waals surface area contributed by atoms with E-state index in [9.17, 15) is 22.0 Å². The monoisotopic (exact) mass is 416 g/mol. The fraction of sp³-hybridized carbons (Fsp3) is 0.0952. The lowest BCUT2D eigenvalue weighted by molar-refractivity contribution is 0.0785. The third-order valence-corrected chi connectivity index (χ3v) is 5.56. The first kappa shape index (κ1) is 20.5. The average Bonchev–Trinajstić information content (AvgIpc) is 2.68. The van der Waals surface area contributed by atoms with Gasteiger partial charge in [0.05, 0.1) is 4.90 Å². The molecule has 0 aliphatic rings. The van der Waals surface area contributed by atoms with Crippen LogP contribution in [0.2, 0.25) is 0 Å². The van der Waals surface area contributed by atoms with E-state index in [0.717, 1.165) is 24.3 Å². The molecule has 0 aromatic heterocycles. The maximum atomic E-state index is 13.3. The van der Waals surface area contributed by atoms with Crippen molar-refractivity contribution in [1.82, 2.24) is 4.90 Å². The fourth-order valence-corrected chi connectivity index (χ4v) is 3.77. The van der Waals surface area contributed by atoms with E-state index in [1.807, 2.05) is 0 Å². The highest BCUT2D eigenvalue weighted by Crippen LogP contribution is 2.18. The Morgan fingerprint density at radius 2 is 1.59 bits per heavy atom. The van der Waals surface area contributed by atoms with Crippen molar-refractivity contribution in [2.45, 2.75) is 11.4 Å². The van der Waals surface area contributed by atoms with Gasteiger partial charge in [0, 0.05) is 24.8 Å². The Kier molecular flexibility index (Phi) is 5.93. The molecular formula is C21H18F2N2O3S. The summed E-state index contributed by atoms with van der Waals surface area (Å²) in [6, 6.07) is 16.3. The number of carbonyl (C=O) groups is 1. The Bertz CT molecular complexity index is 1120. The van der Waals surface area contributed by atoms with E-state index in [4.69, 9.17) is 0 Å². The smallest absolute Gasteiger partial charge is 0.261 e. The van der Waals surface area contributed by atoms with E-state index in [0.29, 0.717) is 11.1 Å². The molecule has 0 radical (unpaired) electrons. The molecule has 0 saturated heterocycles. The van der Waals surface area contributed by atoms with Gasteiger partial charge in [-0.25, -0.2) is 17.2 Å². The summed E-state index contributed by atoms with van der Waals surface area (Å²) in [5, 5.41) is 0. The second-order valence-corrected chi connectivity index (χ2v) is 8.11. The van der Waals surface area contributed by atoms with E-state index in [1.54, 1.807) is 19.2 Å². The number of amides is 1. The quantitative estimate of drug-likeness (QED) is 0.660. The molecule has 0 heterocycles. The van der Waals surface area contributed by atoms with Crippen LogP contribution in [0, 0.1) is 11.6 Å². The standard InChI is InChI=1S/C21H18F2N2O3S/c1-25(14-15-3-2-4-18(23)13-15)21(26)16-5-9-19(10-6-16)24-29(27,28)20-11-7-17(22)8-12-20/h2-13,24H,14H2,1H3. The third-order valence-electron chi connectivity index (χ3n) is 4.16. The molecule has 8 heteroatoms. The SMILES string of the molecule is CN(Cc1cccc(F)c1)C(=O)c1ccc(NS(=O)(=O)c2ccc(F)cc2)cc1. The predicted octanol–water partition coefficient (Wildman–Crippen LogP) is 4.04. The van der Waals surface area contributed by atoms with Crippen LogP contribution in [-0.2, 0) is 16.6 Å². The van der Waals surface area contributed by atoms with Gasteiger partial charge in [0.1, 0.15) is 11.6 Å². The van der Waals surface area contributed by atoms with Crippen molar-refractivity contribution >= 4 is 21.6 Å². The van der Waals surface area contributed by atoms with Gasteiger partial charge in [0.2, 0.25) is 0 Å². The number of halogens is 2. The predicted molar refractivity (Wildman–Crippen MR) is 106 cm³/mol. The van der Waals surface area contributed by atoms with Crippen LogP contribution in [0.1, 0.15) is 15.9 Å². The number of nitrogens with zero attached hydrogens (tertiary/aromatic N) is 1. The summed E-state index contributed by atoms with van der Waals surface area (Å²) in [5.74, 6) is -1.20. The van der Waals surface area contributed by atoms with E-state index in [2.05, 4.69) is 4.72 Å². The Labute approximate surface area is 167 Å². The largest absolute Gasteiger partial charge is 0.337 e. The molecule has 3 rings (SSSR count). The highest BCUT2D eigenvalue weighted by Gasteiger charge is 2.16. The van der Waals surface area contributed by atoms with Gasteiger partial charge in [-0.3, -0.25) is 9.52 Å². The summed E-state index contributed by atoms with van der Waals surface area (Å²) in [5.41, 5.74) is 1.27. The van der Waals surface area contributed by atoms with E-state index < -0.39 is 15.8 Å². The molecule has 0 saturated carbocycles. The fourth-order valence-electron chi connectivity index (χ4n) is 2.71. The topological polar surface area (TPSA) is 66.5 Å². The molecule has 3 aromatic rings. The molecule has 3 aromatic carbocycles.